The molecule has 2 aromatic carbocycles. The van der Waals surface area contributed by atoms with Gasteiger partial charge in [-0.2, -0.15) is 0 Å². The third kappa shape index (κ3) is 1.74. The van der Waals surface area contributed by atoms with Crippen LogP contribution in [0.25, 0.3) is 21.3 Å². The molecule has 1 aliphatic rings. The van der Waals surface area contributed by atoms with Gasteiger partial charge in [-0.1, -0.05) is 16.6 Å². The number of hydrogen-bond donors (Lipinski definition) is 0. The van der Waals surface area contributed by atoms with Gasteiger partial charge >= 0.3 is 0 Å². The molecule has 0 amide bonds. The Kier molecular flexibility index (Phi) is 2.38. The quantitative estimate of drug-likeness (QED) is 0.681. The number of aromatic nitrogens is 2. The monoisotopic (exact) mass is 269 g/mol. The minimum absolute atomic E-state index is 0.586. The summed E-state index contributed by atoms with van der Waals surface area (Å²) < 4.78 is 16.2. The number of hydrogen-bond acceptors (Lipinski definition) is 5. The van der Waals surface area contributed by atoms with Crippen molar-refractivity contribution in [2.45, 2.75) is 0 Å². The van der Waals surface area contributed by atoms with Crippen molar-refractivity contribution in [2.24, 2.45) is 0 Å². The Morgan fingerprint density at radius 2 is 2.00 bits per heavy atom. The van der Waals surface area contributed by atoms with Gasteiger partial charge < -0.3 is 9.47 Å². The smallest absolute Gasteiger partial charge is 0.161 e. The largest absolute Gasteiger partial charge is 0.486 e. The Bertz CT molecular complexity index is 754. The van der Waals surface area contributed by atoms with E-state index >= 15 is 0 Å². The average molecular weight is 269 g/mol. The fourth-order valence-electron chi connectivity index (χ4n) is 2.17. The first-order chi connectivity index (χ1) is 9.42. The Balaban J connectivity index is 1.90. The van der Waals surface area contributed by atoms with Crippen molar-refractivity contribution in [3.63, 3.8) is 0 Å². The summed E-state index contributed by atoms with van der Waals surface area (Å²) in [5, 5.41) is 4.17. The molecule has 0 bridgehead atoms. The summed E-state index contributed by atoms with van der Waals surface area (Å²) in [7, 11) is 0. The molecule has 0 saturated heterocycles. The van der Waals surface area contributed by atoms with Crippen molar-refractivity contribution >= 4 is 21.7 Å². The van der Waals surface area contributed by atoms with E-state index < -0.39 is 0 Å². The second-order valence-corrected chi connectivity index (χ2v) is 4.98. The molecule has 19 heavy (non-hydrogen) atoms. The van der Waals surface area contributed by atoms with E-state index in [1.807, 2.05) is 30.3 Å². The van der Waals surface area contributed by atoms with Crippen LogP contribution in [0.5, 0.6) is 11.5 Å². The highest BCUT2D eigenvalue weighted by Gasteiger charge is 2.14. The molecule has 4 nitrogen and oxygen atoms in total. The van der Waals surface area contributed by atoms with Crippen LogP contribution < -0.4 is 9.47 Å². The molecule has 5 heteroatoms. The van der Waals surface area contributed by atoms with E-state index in [0.29, 0.717) is 13.2 Å². The van der Waals surface area contributed by atoms with Gasteiger partial charge in [0.15, 0.2) is 11.5 Å². The van der Waals surface area contributed by atoms with Crippen molar-refractivity contribution in [2.75, 3.05) is 13.2 Å². The van der Waals surface area contributed by atoms with Crippen molar-refractivity contribution in [3.05, 3.63) is 36.4 Å². The maximum absolute atomic E-state index is 5.61. The Labute approximate surface area is 113 Å². The lowest BCUT2D eigenvalue weighted by Crippen LogP contribution is -2.15. The number of nitrogens with zero attached hydrogens (tertiary/aromatic N) is 2. The van der Waals surface area contributed by atoms with Gasteiger partial charge in [0.25, 0.3) is 0 Å². The summed E-state index contributed by atoms with van der Waals surface area (Å²) >= 11 is 1.39. The van der Waals surface area contributed by atoms with E-state index in [2.05, 4.69) is 15.7 Å². The van der Waals surface area contributed by atoms with Crippen LogP contribution in [0.1, 0.15) is 0 Å². The van der Waals surface area contributed by atoms with Gasteiger partial charge in [0.1, 0.15) is 18.7 Å². The fourth-order valence-corrected chi connectivity index (χ4v) is 2.74. The van der Waals surface area contributed by atoms with Crippen LogP contribution in [0.2, 0.25) is 0 Å². The Morgan fingerprint density at radius 1 is 1.11 bits per heavy atom. The van der Waals surface area contributed by atoms with Crippen LogP contribution in [-0.2, 0) is 0 Å². The van der Waals surface area contributed by atoms with Crippen LogP contribution in [0.15, 0.2) is 30.3 Å². The van der Waals surface area contributed by atoms with Gasteiger partial charge in [-0.15, -0.1) is 5.10 Å². The molecule has 0 atom stereocenters. The van der Waals surface area contributed by atoms with Gasteiger partial charge in [-0.05, 0) is 41.4 Å². The normalized spacial score (nSPS) is 13.7. The Hall–Kier alpha value is -2.14. The summed E-state index contributed by atoms with van der Waals surface area (Å²) in [5.41, 5.74) is 2.84. The number of fused-ring (bicyclic) bond motifs is 2. The van der Waals surface area contributed by atoms with Gasteiger partial charge in [0.2, 0.25) is 0 Å². The number of rotatable bonds is 1. The predicted molar refractivity (Wildman–Crippen MR) is 72.7 cm³/mol. The third-order valence-electron chi connectivity index (χ3n) is 3.04. The van der Waals surface area contributed by atoms with Crippen LogP contribution in [0, 0.1) is 6.07 Å². The van der Waals surface area contributed by atoms with Crippen molar-refractivity contribution in [1.82, 2.24) is 9.59 Å². The maximum atomic E-state index is 5.61. The molecule has 0 fully saturated rings. The number of ether oxygens (including phenoxy) is 2. The minimum atomic E-state index is 0.586. The first kappa shape index (κ1) is 10.8. The van der Waals surface area contributed by atoms with Crippen molar-refractivity contribution in [3.8, 4) is 22.6 Å². The van der Waals surface area contributed by atoms with Crippen LogP contribution in [0.4, 0.5) is 0 Å². The summed E-state index contributed by atoms with van der Waals surface area (Å²) in [6, 6.07) is 13.0. The first-order valence-electron chi connectivity index (χ1n) is 5.94. The van der Waals surface area contributed by atoms with Crippen LogP contribution in [0.3, 0.4) is 0 Å². The van der Waals surface area contributed by atoms with E-state index in [-0.39, 0.29) is 0 Å². The lowest BCUT2D eigenvalue weighted by molar-refractivity contribution is 0.171. The Morgan fingerprint density at radius 3 is 2.95 bits per heavy atom. The first-order valence-corrected chi connectivity index (χ1v) is 6.72. The molecule has 0 spiro atoms. The topological polar surface area (TPSA) is 44.2 Å². The highest BCUT2D eigenvalue weighted by atomic mass is 32.1. The molecule has 93 valence electrons. The van der Waals surface area contributed by atoms with Crippen molar-refractivity contribution < 1.29 is 9.47 Å². The molecular weight excluding hydrogens is 260 g/mol. The summed E-state index contributed by atoms with van der Waals surface area (Å²) in [5.74, 6) is 1.57. The molecule has 1 aliphatic heterocycles. The van der Waals surface area contributed by atoms with E-state index in [0.717, 1.165) is 32.8 Å². The molecular formula is C14H9N2O2S. The second-order valence-electron chi connectivity index (χ2n) is 4.20. The molecule has 1 aromatic heterocycles. The van der Waals surface area contributed by atoms with E-state index in [4.69, 9.17) is 9.47 Å². The predicted octanol–water partition coefficient (Wildman–Crippen LogP) is 2.93. The van der Waals surface area contributed by atoms with E-state index in [1.54, 1.807) is 0 Å². The van der Waals surface area contributed by atoms with Gasteiger partial charge in [-0.25, -0.2) is 0 Å². The van der Waals surface area contributed by atoms with Gasteiger partial charge in [0.05, 0.1) is 4.70 Å². The maximum Gasteiger partial charge on any atom is 0.161 e. The van der Waals surface area contributed by atoms with Crippen LogP contribution in [-0.4, -0.2) is 22.8 Å². The number of benzene rings is 2. The second kappa shape index (κ2) is 4.20. The molecule has 4 rings (SSSR count). The highest BCUT2D eigenvalue weighted by Crippen LogP contribution is 2.36. The molecule has 3 aromatic rings. The zero-order chi connectivity index (χ0) is 12.7. The lowest BCUT2D eigenvalue weighted by atomic mass is 10.0. The molecule has 0 saturated carbocycles. The van der Waals surface area contributed by atoms with Gasteiger partial charge in [-0.3, -0.25) is 0 Å². The molecule has 0 unspecified atom stereocenters. The van der Waals surface area contributed by atoms with Crippen LogP contribution >= 0.6 is 11.5 Å². The summed E-state index contributed by atoms with van der Waals surface area (Å²) in [6.07, 6.45) is 0. The summed E-state index contributed by atoms with van der Waals surface area (Å²) in [4.78, 5) is 0. The fraction of sp³-hybridized carbons (Fsp3) is 0.143. The lowest BCUT2D eigenvalue weighted by Gasteiger charge is -2.18. The molecule has 0 N–H and O–H groups in total. The summed E-state index contributed by atoms with van der Waals surface area (Å²) in [6.45, 7) is 1.19. The zero-order valence-corrected chi connectivity index (χ0v) is 10.7. The highest BCUT2D eigenvalue weighted by molar-refractivity contribution is 7.13. The molecule has 2 heterocycles. The zero-order valence-electron chi connectivity index (χ0n) is 9.92. The minimum Gasteiger partial charge on any atom is -0.486 e. The van der Waals surface area contributed by atoms with Crippen molar-refractivity contribution in [1.29, 1.82) is 0 Å². The van der Waals surface area contributed by atoms with E-state index in [1.165, 1.54) is 11.5 Å². The standard InChI is InChI=1S/C14H9N2O2S/c1-2-10(14-13(3-1)19-16-15-14)9-4-5-11-12(8-9)18-7-6-17-11/h1,3-5,8H,6-7H2. The molecule has 1 radical (unpaired) electrons. The SMILES string of the molecule is [c]1ccc2snnc2c1-c1ccc2c(c1)OCCO2. The van der Waals surface area contributed by atoms with E-state index in [9.17, 15) is 0 Å². The molecule has 0 aliphatic carbocycles. The van der Waals surface area contributed by atoms with Gasteiger partial charge in [0, 0.05) is 5.56 Å². The average Bonchev–Trinajstić information content (AvgIpc) is 2.95. The third-order valence-corrected chi connectivity index (χ3v) is 3.73.